The normalized spacial score (nSPS) is 11.4. The van der Waals surface area contributed by atoms with Crippen LogP contribution in [-0.4, -0.2) is 19.0 Å². The van der Waals surface area contributed by atoms with Gasteiger partial charge in [0, 0.05) is 11.6 Å². The van der Waals surface area contributed by atoms with Crippen LogP contribution in [0.25, 0.3) is 0 Å². The van der Waals surface area contributed by atoms with E-state index < -0.39 is 11.7 Å². The second-order valence-corrected chi connectivity index (χ2v) is 5.11. The van der Waals surface area contributed by atoms with Crippen LogP contribution < -0.4 is 11.1 Å². The van der Waals surface area contributed by atoms with Crippen LogP contribution >= 0.6 is 11.6 Å². The van der Waals surface area contributed by atoms with Gasteiger partial charge < -0.3 is 11.1 Å². The average Bonchev–Trinajstić information content (AvgIpc) is 2.29. The smallest absolute Gasteiger partial charge is 0.254 e. The van der Waals surface area contributed by atoms with Crippen molar-refractivity contribution in [3.63, 3.8) is 0 Å². The van der Waals surface area contributed by atoms with E-state index in [4.69, 9.17) is 17.3 Å². The van der Waals surface area contributed by atoms with Crippen molar-refractivity contribution in [2.75, 3.05) is 13.1 Å². The van der Waals surface area contributed by atoms with Gasteiger partial charge in [-0.2, -0.15) is 0 Å². The number of carbonyl (C=O) groups excluding carboxylic acids is 1. The number of hydrogen-bond acceptors (Lipinski definition) is 2. The van der Waals surface area contributed by atoms with Crippen molar-refractivity contribution in [1.82, 2.24) is 5.32 Å². The van der Waals surface area contributed by atoms with E-state index in [2.05, 4.69) is 5.32 Å². The van der Waals surface area contributed by atoms with Crippen LogP contribution in [0.3, 0.4) is 0 Å². The Bertz CT molecular complexity index is 421. The predicted molar refractivity (Wildman–Crippen MR) is 66.6 cm³/mol. The van der Waals surface area contributed by atoms with Gasteiger partial charge in [0.15, 0.2) is 0 Å². The molecule has 0 spiro atoms. The molecular formula is C12H16ClFN2O. The maximum absolute atomic E-state index is 13.4. The third kappa shape index (κ3) is 3.98. The number of rotatable bonds is 4. The predicted octanol–water partition coefficient (Wildman–Crippen LogP) is 2.19. The third-order valence-corrected chi connectivity index (χ3v) is 2.69. The van der Waals surface area contributed by atoms with Crippen molar-refractivity contribution >= 4 is 17.5 Å². The number of halogens is 2. The summed E-state index contributed by atoms with van der Waals surface area (Å²) in [6, 6.07) is 3.88. The van der Waals surface area contributed by atoms with Gasteiger partial charge in [-0.15, -0.1) is 0 Å². The molecule has 1 amide bonds. The SMILES string of the molecule is CC(C)(CN)CNC(=O)c1cc(Cl)ccc1F. The van der Waals surface area contributed by atoms with Gasteiger partial charge in [-0.05, 0) is 30.2 Å². The fraction of sp³-hybridized carbons (Fsp3) is 0.417. The molecule has 0 aliphatic carbocycles. The molecule has 3 nitrogen and oxygen atoms in total. The van der Waals surface area contributed by atoms with Crippen LogP contribution in [0, 0.1) is 11.2 Å². The summed E-state index contributed by atoms with van der Waals surface area (Å²) in [4.78, 5) is 11.7. The van der Waals surface area contributed by atoms with Crippen LogP contribution in [0.5, 0.6) is 0 Å². The first-order chi connectivity index (χ1) is 7.85. The fourth-order valence-corrected chi connectivity index (χ4v) is 1.33. The van der Waals surface area contributed by atoms with Gasteiger partial charge in [0.25, 0.3) is 5.91 Å². The Labute approximate surface area is 105 Å². The number of benzene rings is 1. The molecule has 0 heterocycles. The van der Waals surface area contributed by atoms with Crippen LogP contribution in [0.2, 0.25) is 5.02 Å². The Morgan fingerprint density at radius 2 is 2.18 bits per heavy atom. The third-order valence-electron chi connectivity index (χ3n) is 2.45. The number of nitrogens with two attached hydrogens (primary N) is 1. The van der Waals surface area contributed by atoms with Gasteiger partial charge >= 0.3 is 0 Å². The van der Waals surface area contributed by atoms with E-state index in [-0.39, 0.29) is 11.0 Å². The molecule has 0 aliphatic rings. The summed E-state index contributed by atoms with van der Waals surface area (Å²) in [5, 5.41) is 2.97. The summed E-state index contributed by atoms with van der Waals surface area (Å²) in [5.41, 5.74) is 5.27. The lowest BCUT2D eigenvalue weighted by Crippen LogP contribution is -2.38. The van der Waals surface area contributed by atoms with Gasteiger partial charge in [0.05, 0.1) is 5.56 Å². The highest BCUT2D eigenvalue weighted by Crippen LogP contribution is 2.16. The minimum absolute atomic E-state index is 0.0506. The Hall–Kier alpha value is -1.13. The van der Waals surface area contributed by atoms with E-state index in [1.54, 1.807) is 0 Å². The first-order valence-corrected chi connectivity index (χ1v) is 5.67. The van der Waals surface area contributed by atoms with Crippen molar-refractivity contribution in [2.24, 2.45) is 11.1 Å². The van der Waals surface area contributed by atoms with Crippen molar-refractivity contribution in [2.45, 2.75) is 13.8 Å². The molecule has 5 heteroatoms. The Kier molecular flexibility index (Phi) is 4.48. The number of amides is 1. The zero-order valence-electron chi connectivity index (χ0n) is 9.89. The van der Waals surface area contributed by atoms with Gasteiger partial charge in [0.2, 0.25) is 0 Å². The van der Waals surface area contributed by atoms with E-state index >= 15 is 0 Å². The highest BCUT2D eigenvalue weighted by Gasteiger charge is 2.18. The lowest BCUT2D eigenvalue weighted by atomic mass is 9.94. The molecule has 0 saturated heterocycles. The highest BCUT2D eigenvalue weighted by molar-refractivity contribution is 6.30. The number of carbonyl (C=O) groups is 1. The summed E-state index contributed by atoms with van der Waals surface area (Å²) in [7, 11) is 0. The Morgan fingerprint density at radius 1 is 1.53 bits per heavy atom. The van der Waals surface area contributed by atoms with Crippen molar-refractivity contribution in [1.29, 1.82) is 0 Å². The second kappa shape index (κ2) is 5.47. The van der Waals surface area contributed by atoms with E-state index in [1.807, 2.05) is 13.8 Å². The topological polar surface area (TPSA) is 55.1 Å². The zero-order chi connectivity index (χ0) is 13.1. The molecular weight excluding hydrogens is 243 g/mol. The lowest BCUT2D eigenvalue weighted by molar-refractivity contribution is 0.0934. The second-order valence-electron chi connectivity index (χ2n) is 4.68. The standard InChI is InChI=1S/C12H16ClFN2O/c1-12(2,6-15)7-16-11(17)9-5-8(13)3-4-10(9)14/h3-5H,6-7,15H2,1-2H3,(H,16,17). The molecule has 1 aromatic carbocycles. The molecule has 0 radical (unpaired) electrons. The van der Waals surface area contributed by atoms with Gasteiger partial charge in [-0.3, -0.25) is 4.79 Å². The van der Waals surface area contributed by atoms with Gasteiger partial charge in [-0.25, -0.2) is 4.39 Å². The minimum Gasteiger partial charge on any atom is -0.351 e. The van der Waals surface area contributed by atoms with Crippen molar-refractivity contribution in [3.8, 4) is 0 Å². The maximum atomic E-state index is 13.4. The van der Waals surface area contributed by atoms with Crippen molar-refractivity contribution in [3.05, 3.63) is 34.6 Å². The van der Waals surface area contributed by atoms with Crippen LogP contribution in [0.15, 0.2) is 18.2 Å². The van der Waals surface area contributed by atoms with Crippen LogP contribution in [-0.2, 0) is 0 Å². The molecule has 1 rings (SSSR count). The van der Waals surface area contributed by atoms with E-state index in [0.717, 1.165) is 0 Å². The lowest BCUT2D eigenvalue weighted by Gasteiger charge is -2.22. The van der Waals surface area contributed by atoms with E-state index in [1.165, 1.54) is 18.2 Å². The van der Waals surface area contributed by atoms with Gasteiger partial charge in [-0.1, -0.05) is 25.4 Å². The molecule has 0 bridgehead atoms. The molecule has 0 aliphatic heterocycles. The molecule has 0 fully saturated rings. The molecule has 17 heavy (non-hydrogen) atoms. The minimum atomic E-state index is -0.586. The Balaban J connectivity index is 2.74. The fourth-order valence-electron chi connectivity index (χ4n) is 1.16. The average molecular weight is 259 g/mol. The highest BCUT2D eigenvalue weighted by atomic mass is 35.5. The first-order valence-electron chi connectivity index (χ1n) is 5.29. The summed E-state index contributed by atoms with van der Waals surface area (Å²) >= 11 is 5.71. The summed E-state index contributed by atoms with van der Waals surface area (Å²) < 4.78 is 13.4. The molecule has 0 unspecified atom stereocenters. The van der Waals surface area contributed by atoms with Gasteiger partial charge in [0.1, 0.15) is 5.82 Å². The molecule has 94 valence electrons. The summed E-state index contributed by atoms with van der Waals surface area (Å²) in [5.74, 6) is -1.07. The maximum Gasteiger partial charge on any atom is 0.254 e. The molecule has 0 saturated carbocycles. The monoisotopic (exact) mass is 258 g/mol. The summed E-state index contributed by atoms with van der Waals surface area (Å²) in [6.07, 6.45) is 0. The Morgan fingerprint density at radius 3 is 2.76 bits per heavy atom. The molecule has 0 atom stereocenters. The number of hydrogen-bond donors (Lipinski definition) is 2. The molecule has 0 aromatic heterocycles. The first kappa shape index (κ1) is 13.9. The van der Waals surface area contributed by atoms with Crippen LogP contribution in [0.1, 0.15) is 24.2 Å². The zero-order valence-corrected chi connectivity index (χ0v) is 10.6. The largest absolute Gasteiger partial charge is 0.351 e. The van der Waals surface area contributed by atoms with E-state index in [9.17, 15) is 9.18 Å². The molecule has 3 N–H and O–H groups in total. The summed E-state index contributed by atoms with van der Waals surface area (Å²) in [6.45, 7) is 4.66. The van der Waals surface area contributed by atoms with E-state index in [0.29, 0.717) is 18.1 Å². The number of nitrogens with one attached hydrogen (secondary N) is 1. The quantitative estimate of drug-likeness (QED) is 0.870. The van der Waals surface area contributed by atoms with Crippen molar-refractivity contribution < 1.29 is 9.18 Å². The van der Waals surface area contributed by atoms with Crippen LogP contribution in [0.4, 0.5) is 4.39 Å². The molecule has 1 aromatic rings.